The van der Waals surface area contributed by atoms with Crippen molar-refractivity contribution in [3.05, 3.63) is 0 Å². The van der Waals surface area contributed by atoms with Gasteiger partial charge in [0.25, 0.3) is 0 Å². The molecule has 1 atom stereocenters. The van der Waals surface area contributed by atoms with E-state index in [1.165, 1.54) is 0 Å². The first kappa shape index (κ1) is 13.0. The van der Waals surface area contributed by atoms with Crippen molar-refractivity contribution in [3.8, 4) is 0 Å². The van der Waals surface area contributed by atoms with Crippen LogP contribution < -0.4 is 5.32 Å². The SMILES string of the molecule is CC(C)C1N=C(COCC(F)(F)F)NC1=O. The third-order valence-electron chi connectivity index (χ3n) is 1.97. The Hall–Kier alpha value is -1.11. The van der Waals surface area contributed by atoms with Gasteiger partial charge in [0.1, 0.15) is 25.1 Å². The molecule has 0 fully saturated rings. The second kappa shape index (κ2) is 4.82. The van der Waals surface area contributed by atoms with Gasteiger partial charge in [-0.05, 0) is 5.92 Å². The number of ether oxygens (including phenoxy) is 1. The Balaban J connectivity index is 2.40. The molecule has 0 spiro atoms. The van der Waals surface area contributed by atoms with Crippen molar-refractivity contribution in [2.75, 3.05) is 13.2 Å². The summed E-state index contributed by atoms with van der Waals surface area (Å²) >= 11 is 0. The summed E-state index contributed by atoms with van der Waals surface area (Å²) in [6.45, 7) is 1.96. The standard InChI is InChI=1S/C9H13F3N2O2/c1-5(2)7-8(15)14-6(13-7)3-16-4-9(10,11)12/h5,7H,3-4H2,1-2H3,(H,13,14,15). The predicted molar refractivity (Wildman–Crippen MR) is 51.1 cm³/mol. The van der Waals surface area contributed by atoms with Crippen LogP contribution in [0.1, 0.15) is 13.8 Å². The Morgan fingerprint density at radius 1 is 1.50 bits per heavy atom. The number of nitrogens with one attached hydrogen (secondary N) is 1. The molecule has 1 N–H and O–H groups in total. The van der Waals surface area contributed by atoms with E-state index in [9.17, 15) is 18.0 Å². The molecule has 0 aromatic carbocycles. The summed E-state index contributed by atoms with van der Waals surface area (Å²) in [5, 5.41) is 2.39. The average molecular weight is 238 g/mol. The zero-order chi connectivity index (χ0) is 12.3. The first-order valence-electron chi connectivity index (χ1n) is 4.81. The minimum absolute atomic E-state index is 0.0140. The summed E-state index contributed by atoms with van der Waals surface area (Å²) < 4.78 is 39.7. The summed E-state index contributed by atoms with van der Waals surface area (Å²) in [4.78, 5) is 15.2. The summed E-state index contributed by atoms with van der Waals surface area (Å²) in [5.41, 5.74) is 0. The molecule has 1 heterocycles. The van der Waals surface area contributed by atoms with Crippen LogP contribution >= 0.6 is 0 Å². The maximum Gasteiger partial charge on any atom is 0.411 e. The maximum absolute atomic E-state index is 11.8. The van der Waals surface area contributed by atoms with Gasteiger partial charge in [0.05, 0.1) is 0 Å². The molecule has 0 saturated heterocycles. The molecule has 0 saturated carbocycles. The number of nitrogens with zero attached hydrogens (tertiary/aromatic N) is 1. The zero-order valence-electron chi connectivity index (χ0n) is 8.97. The van der Waals surface area contributed by atoms with Crippen LogP contribution in [-0.4, -0.2) is 37.2 Å². The van der Waals surface area contributed by atoms with Gasteiger partial charge in [0, 0.05) is 0 Å². The zero-order valence-corrected chi connectivity index (χ0v) is 8.97. The minimum Gasteiger partial charge on any atom is -0.364 e. The molecule has 1 unspecified atom stereocenters. The van der Waals surface area contributed by atoms with Crippen LogP contribution in [0, 0.1) is 5.92 Å². The van der Waals surface area contributed by atoms with Crippen molar-refractivity contribution in [1.29, 1.82) is 0 Å². The second-order valence-electron chi connectivity index (χ2n) is 3.86. The maximum atomic E-state index is 11.8. The monoisotopic (exact) mass is 238 g/mol. The van der Waals surface area contributed by atoms with Crippen LogP contribution in [0.15, 0.2) is 4.99 Å². The predicted octanol–water partition coefficient (Wildman–Crippen LogP) is 1.12. The lowest BCUT2D eigenvalue weighted by atomic mass is 10.1. The molecule has 4 nitrogen and oxygen atoms in total. The molecule has 92 valence electrons. The first-order valence-corrected chi connectivity index (χ1v) is 4.81. The third-order valence-corrected chi connectivity index (χ3v) is 1.97. The summed E-state index contributed by atoms with van der Waals surface area (Å²) in [6, 6.07) is -0.524. The van der Waals surface area contributed by atoms with E-state index in [0.717, 1.165) is 0 Å². The van der Waals surface area contributed by atoms with Crippen molar-refractivity contribution >= 4 is 11.7 Å². The average Bonchev–Trinajstić information content (AvgIpc) is 2.44. The highest BCUT2D eigenvalue weighted by molar-refractivity contribution is 6.06. The van der Waals surface area contributed by atoms with Crippen LogP contribution in [0.4, 0.5) is 13.2 Å². The number of amides is 1. The number of carbonyl (C=O) groups is 1. The Morgan fingerprint density at radius 3 is 2.56 bits per heavy atom. The summed E-state index contributed by atoms with van der Waals surface area (Å²) in [6.07, 6.45) is -4.36. The van der Waals surface area contributed by atoms with Gasteiger partial charge in [-0.3, -0.25) is 9.79 Å². The highest BCUT2D eigenvalue weighted by atomic mass is 19.4. The van der Waals surface area contributed by atoms with Crippen molar-refractivity contribution in [2.45, 2.75) is 26.1 Å². The highest BCUT2D eigenvalue weighted by Gasteiger charge is 2.31. The van der Waals surface area contributed by atoms with E-state index in [0.29, 0.717) is 0 Å². The van der Waals surface area contributed by atoms with E-state index < -0.39 is 18.8 Å². The number of halogens is 3. The molecule has 0 aromatic rings. The van der Waals surface area contributed by atoms with E-state index in [1.807, 2.05) is 13.8 Å². The number of rotatable bonds is 4. The molecular formula is C9H13F3N2O2. The molecule has 0 radical (unpaired) electrons. The fourth-order valence-corrected chi connectivity index (χ4v) is 1.26. The molecule has 7 heteroatoms. The summed E-state index contributed by atoms with van der Waals surface area (Å²) in [5.74, 6) is -0.117. The van der Waals surface area contributed by atoms with Crippen molar-refractivity contribution in [2.24, 2.45) is 10.9 Å². The smallest absolute Gasteiger partial charge is 0.364 e. The minimum atomic E-state index is -4.36. The van der Waals surface area contributed by atoms with Crippen LogP contribution in [0.25, 0.3) is 0 Å². The van der Waals surface area contributed by atoms with Gasteiger partial charge in [-0.2, -0.15) is 13.2 Å². The quantitative estimate of drug-likeness (QED) is 0.797. The van der Waals surface area contributed by atoms with E-state index in [2.05, 4.69) is 15.0 Å². The third kappa shape index (κ3) is 3.80. The number of carbonyl (C=O) groups excluding carboxylic acids is 1. The lowest BCUT2D eigenvalue weighted by molar-refractivity contribution is -0.170. The van der Waals surface area contributed by atoms with Gasteiger partial charge in [-0.1, -0.05) is 13.8 Å². The van der Waals surface area contributed by atoms with Crippen LogP contribution in [0.2, 0.25) is 0 Å². The van der Waals surface area contributed by atoms with Gasteiger partial charge < -0.3 is 10.1 Å². The summed E-state index contributed by atoms with van der Waals surface area (Å²) in [7, 11) is 0. The van der Waals surface area contributed by atoms with Crippen molar-refractivity contribution in [1.82, 2.24) is 5.32 Å². The second-order valence-corrected chi connectivity index (χ2v) is 3.86. The number of alkyl halides is 3. The van der Waals surface area contributed by atoms with Gasteiger partial charge >= 0.3 is 6.18 Å². The molecular weight excluding hydrogens is 225 g/mol. The molecule has 0 aromatic heterocycles. The van der Waals surface area contributed by atoms with Crippen LogP contribution in [-0.2, 0) is 9.53 Å². The molecule has 1 amide bonds. The molecule has 0 aliphatic carbocycles. The number of aliphatic imine (C=N–C) groups is 1. The van der Waals surface area contributed by atoms with Crippen molar-refractivity contribution in [3.63, 3.8) is 0 Å². The topological polar surface area (TPSA) is 50.7 Å². The Bertz CT molecular complexity index is 300. The Morgan fingerprint density at radius 2 is 2.12 bits per heavy atom. The van der Waals surface area contributed by atoms with Crippen LogP contribution in [0.5, 0.6) is 0 Å². The van der Waals surface area contributed by atoms with E-state index >= 15 is 0 Å². The molecule has 1 rings (SSSR count). The fraction of sp³-hybridized carbons (Fsp3) is 0.778. The van der Waals surface area contributed by atoms with Gasteiger partial charge in [-0.25, -0.2) is 0 Å². The normalized spacial score (nSPS) is 21.2. The number of amidine groups is 1. The van der Waals surface area contributed by atoms with Crippen molar-refractivity contribution < 1.29 is 22.7 Å². The molecule has 16 heavy (non-hydrogen) atoms. The molecule has 1 aliphatic heterocycles. The Kier molecular flexibility index (Phi) is 3.90. The highest BCUT2D eigenvalue weighted by Crippen LogP contribution is 2.15. The first-order chi connectivity index (χ1) is 7.29. The molecule has 1 aliphatic rings. The number of hydrogen-bond acceptors (Lipinski definition) is 3. The van der Waals surface area contributed by atoms with Gasteiger partial charge in [0.15, 0.2) is 0 Å². The van der Waals surface area contributed by atoms with E-state index in [4.69, 9.17) is 0 Å². The lowest BCUT2D eigenvalue weighted by Crippen LogP contribution is -2.33. The van der Waals surface area contributed by atoms with Gasteiger partial charge in [-0.15, -0.1) is 0 Å². The Labute approximate surface area is 90.9 Å². The lowest BCUT2D eigenvalue weighted by Gasteiger charge is -2.06. The van der Waals surface area contributed by atoms with E-state index in [-0.39, 0.29) is 24.3 Å². The van der Waals surface area contributed by atoms with Gasteiger partial charge in [0.2, 0.25) is 5.91 Å². The van der Waals surface area contributed by atoms with E-state index in [1.54, 1.807) is 0 Å². The molecule has 0 bridgehead atoms. The largest absolute Gasteiger partial charge is 0.411 e. The fourth-order valence-electron chi connectivity index (χ4n) is 1.26. The number of hydrogen-bond donors (Lipinski definition) is 1. The van der Waals surface area contributed by atoms with Crippen LogP contribution in [0.3, 0.4) is 0 Å².